The molecule has 0 aliphatic carbocycles. The van der Waals surface area contributed by atoms with Crippen LogP contribution in [0, 0.1) is 0 Å². The number of rotatable bonds is 3. The lowest BCUT2D eigenvalue weighted by atomic mass is 9.91. The summed E-state index contributed by atoms with van der Waals surface area (Å²) in [6.07, 6.45) is 1.83. The molecule has 1 amide bonds. The number of phenolic OH excluding ortho intramolecular Hbond substituents is 1. The van der Waals surface area contributed by atoms with Gasteiger partial charge in [-0.3, -0.25) is 4.79 Å². The summed E-state index contributed by atoms with van der Waals surface area (Å²) < 4.78 is 0.484. The van der Waals surface area contributed by atoms with E-state index in [9.17, 15) is 9.90 Å². The third kappa shape index (κ3) is 3.47. The van der Waals surface area contributed by atoms with Crippen LogP contribution in [0.15, 0.2) is 17.0 Å². The molecule has 1 aliphatic heterocycles. The van der Waals surface area contributed by atoms with Gasteiger partial charge < -0.3 is 10.4 Å². The Morgan fingerprint density at radius 1 is 1.19 bits per heavy atom. The lowest BCUT2D eigenvalue weighted by molar-refractivity contribution is -0.115. The Morgan fingerprint density at radius 2 is 1.71 bits per heavy atom. The average molecular weight is 321 g/mol. The van der Waals surface area contributed by atoms with E-state index >= 15 is 0 Å². The number of aromatic hydroxyl groups is 1. The Kier molecular flexibility index (Phi) is 4.74. The molecule has 0 saturated carbocycles. The topological polar surface area (TPSA) is 49.3 Å². The number of carbonyl (C=O) groups excluding carboxylic acids is 1. The monoisotopic (exact) mass is 321 g/mol. The summed E-state index contributed by atoms with van der Waals surface area (Å²) >= 11 is 6.27. The molecule has 2 rings (SSSR count). The maximum Gasteiger partial charge on any atom is 0.263 e. The van der Waals surface area contributed by atoms with Gasteiger partial charge in [-0.2, -0.15) is 0 Å². The van der Waals surface area contributed by atoms with Crippen molar-refractivity contribution in [1.29, 1.82) is 0 Å². The number of thioether (sulfide) groups is 1. The molecule has 1 heterocycles. The zero-order chi connectivity index (χ0) is 15.7. The van der Waals surface area contributed by atoms with Crippen LogP contribution in [0.4, 0.5) is 0 Å². The molecule has 3 nitrogen and oxygen atoms in total. The maximum atomic E-state index is 11.8. The van der Waals surface area contributed by atoms with Crippen molar-refractivity contribution in [3.8, 4) is 5.75 Å². The number of thiocarbonyl (C=S) groups is 1. The molecule has 21 heavy (non-hydrogen) atoms. The largest absolute Gasteiger partial charge is 0.507 e. The van der Waals surface area contributed by atoms with E-state index in [4.69, 9.17) is 12.2 Å². The highest BCUT2D eigenvalue weighted by molar-refractivity contribution is 8.26. The third-order valence-corrected chi connectivity index (χ3v) is 4.54. The quantitative estimate of drug-likeness (QED) is 0.649. The van der Waals surface area contributed by atoms with Gasteiger partial charge in [0.05, 0.1) is 4.91 Å². The van der Waals surface area contributed by atoms with Crippen molar-refractivity contribution in [2.75, 3.05) is 0 Å². The molecule has 1 fully saturated rings. The summed E-state index contributed by atoms with van der Waals surface area (Å²) in [6.45, 7) is 8.18. The fourth-order valence-electron chi connectivity index (χ4n) is 2.24. The van der Waals surface area contributed by atoms with Gasteiger partial charge in [-0.05, 0) is 46.7 Å². The van der Waals surface area contributed by atoms with Crippen molar-refractivity contribution < 1.29 is 9.90 Å². The van der Waals surface area contributed by atoms with Gasteiger partial charge in [-0.15, -0.1) is 0 Å². The zero-order valence-corrected chi connectivity index (χ0v) is 14.2. The van der Waals surface area contributed by atoms with Gasteiger partial charge in [0, 0.05) is 0 Å². The summed E-state index contributed by atoms with van der Waals surface area (Å²) in [7, 11) is 0. The molecule has 1 aromatic carbocycles. The fourth-order valence-corrected chi connectivity index (χ4v) is 3.28. The lowest BCUT2D eigenvalue weighted by Gasteiger charge is -2.16. The molecule has 0 radical (unpaired) electrons. The number of carbonyl (C=O) groups is 1. The predicted octanol–water partition coefficient (Wildman–Crippen LogP) is 4.13. The number of nitrogens with one attached hydrogen (secondary N) is 1. The van der Waals surface area contributed by atoms with E-state index in [1.165, 1.54) is 11.8 Å². The van der Waals surface area contributed by atoms with E-state index < -0.39 is 0 Å². The Hall–Kier alpha value is -1.33. The highest BCUT2D eigenvalue weighted by atomic mass is 32.2. The molecule has 0 atom stereocenters. The smallest absolute Gasteiger partial charge is 0.263 e. The number of hydrogen-bond donors (Lipinski definition) is 2. The number of amides is 1. The second-order valence-electron chi connectivity index (χ2n) is 5.71. The average Bonchev–Trinajstić information content (AvgIpc) is 2.69. The van der Waals surface area contributed by atoms with Crippen LogP contribution in [0.3, 0.4) is 0 Å². The fraction of sp³-hybridized carbons (Fsp3) is 0.375. The SMILES string of the molecule is CC(C)c1cc(/C=C2/SC(=S)NC2=O)cc(C(C)C)c1O. The molecule has 1 saturated heterocycles. The highest BCUT2D eigenvalue weighted by Crippen LogP contribution is 2.36. The maximum absolute atomic E-state index is 11.8. The van der Waals surface area contributed by atoms with Gasteiger partial charge in [0.25, 0.3) is 5.91 Å². The normalized spacial score (nSPS) is 17.1. The molecule has 0 unspecified atom stereocenters. The summed E-state index contributed by atoms with van der Waals surface area (Å²) in [6, 6.07) is 3.88. The second-order valence-corrected chi connectivity index (χ2v) is 7.43. The van der Waals surface area contributed by atoms with Gasteiger partial charge in [0.2, 0.25) is 0 Å². The van der Waals surface area contributed by atoms with Crippen LogP contribution in [0.2, 0.25) is 0 Å². The summed E-state index contributed by atoms with van der Waals surface area (Å²) in [5.41, 5.74) is 2.72. The molecule has 5 heteroatoms. The van der Waals surface area contributed by atoms with E-state index in [0.29, 0.717) is 15.0 Å². The zero-order valence-electron chi connectivity index (χ0n) is 12.6. The van der Waals surface area contributed by atoms with E-state index in [2.05, 4.69) is 5.32 Å². The Labute approximate surface area is 134 Å². The number of hydrogen-bond acceptors (Lipinski definition) is 4. The third-order valence-electron chi connectivity index (χ3n) is 3.38. The first kappa shape index (κ1) is 16.0. The Morgan fingerprint density at radius 3 is 2.10 bits per heavy atom. The van der Waals surface area contributed by atoms with Gasteiger partial charge in [0.1, 0.15) is 10.1 Å². The predicted molar refractivity (Wildman–Crippen MR) is 92.6 cm³/mol. The van der Waals surface area contributed by atoms with Crippen LogP contribution in [-0.2, 0) is 4.79 Å². The van der Waals surface area contributed by atoms with Crippen molar-refractivity contribution in [1.82, 2.24) is 5.32 Å². The van der Waals surface area contributed by atoms with E-state index in [1.807, 2.05) is 45.9 Å². The van der Waals surface area contributed by atoms with Crippen LogP contribution < -0.4 is 5.32 Å². The van der Waals surface area contributed by atoms with Gasteiger partial charge in [-0.1, -0.05) is 51.7 Å². The van der Waals surface area contributed by atoms with Crippen LogP contribution in [0.1, 0.15) is 56.2 Å². The van der Waals surface area contributed by atoms with Gasteiger partial charge in [0.15, 0.2) is 0 Å². The van der Waals surface area contributed by atoms with Crippen molar-refractivity contribution in [3.05, 3.63) is 33.7 Å². The molecule has 112 valence electrons. The number of phenols is 1. The molecular formula is C16H19NO2S2. The van der Waals surface area contributed by atoms with E-state index in [1.54, 1.807) is 0 Å². The van der Waals surface area contributed by atoms with Crippen LogP contribution >= 0.6 is 24.0 Å². The first-order valence-electron chi connectivity index (χ1n) is 6.91. The van der Waals surface area contributed by atoms with E-state index in [-0.39, 0.29) is 17.7 Å². The minimum Gasteiger partial charge on any atom is -0.507 e. The summed E-state index contributed by atoms with van der Waals surface area (Å²) in [5.74, 6) is 0.635. The Bertz CT molecular complexity index is 604. The molecular weight excluding hydrogens is 302 g/mol. The van der Waals surface area contributed by atoms with Crippen molar-refractivity contribution >= 4 is 40.3 Å². The van der Waals surface area contributed by atoms with Crippen LogP contribution in [-0.4, -0.2) is 15.3 Å². The van der Waals surface area contributed by atoms with Gasteiger partial charge in [-0.25, -0.2) is 0 Å². The summed E-state index contributed by atoms with van der Waals surface area (Å²) in [5, 5.41) is 13.0. The van der Waals surface area contributed by atoms with Crippen molar-refractivity contribution in [3.63, 3.8) is 0 Å². The van der Waals surface area contributed by atoms with Gasteiger partial charge >= 0.3 is 0 Å². The van der Waals surface area contributed by atoms with E-state index in [0.717, 1.165) is 16.7 Å². The number of benzene rings is 1. The van der Waals surface area contributed by atoms with Crippen molar-refractivity contribution in [2.24, 2.45) is 0 Å². The first-order valence-corrected chi connectivity index (χ1v) is 8.13. The molecule has 0 aromatic heterocycles. The minimum atomic E-state index is -0.157. The molecule has 1 aliphatic rings. The standard InChI is InChI=1S/C16H19NO2S2/c1-8(2)11-5-10(6-12(9(3)4)14(11)18)7-13-15(19)17-16(20)21-13/h5-9,18H,1-4H3,(H,17,19,20)/b13-7+. The van der Waals surface area contributed by atoms with Crippen LogP contribution in [0.5, 0.6) is 5.75 Å². The van der Waals surface area contributed by atoms with Crippen LogP contribution in [0.25, 0.3) is 6.08 Å². The lowest BCUT2D eigenvalue weighted by Crippen LogP contribution is -2.17. The first-order chi connectivity index (χ1) is 9.79. The molecule has 0 spiro atoms. The second kappa shape index (κ2) is 6.20. The summed E-state index contributed by atoms with van der Waals surface area (Å²) in [4.78, 5) is 12.3. The Balaban J connectivity index is 2.52. The van der Waals surface area contributed by atoms with Crippen molar-refractivity contribution in [2.45, 2.75) is 39.5 Å². The minimum absolute atomic E-state index is 0.157. The molecule has 0 bridgehead atoms. The molecule has 2 N–H and O–H groups in total. The highest BCUT2D eigenvalue weighted by Gasteiger charge is 2.22. The molecule has 1 aromatic rings.